The second kappa shape index (κ2) is 10.6. The predicted octanol–water partition coefficient (Wildman–Crippen LogP) is 5.50. The fourth-order valence-electron chi connectivity index (χ4n) is 4.70. The summed E-state index contributed by atoms with van der Waals surface area (Å²) in [6.45, 7) is 7.85. The van der Waals surface area contributed by atoms with Crippen LogP contribution in [-0.2, 0) is 19.7 Å². The van der Waals surface area contributed by atoms with Crippen LogP contribution in [0, 0.1) is 0 Å². The lowest BCUT2D eigenvalue weighted by Crippen LogP contribution is -2.29. The summed E-state index contributed by atoms with van der Waals surface area (Å²) in [6, 6.07) is 16.3. The molecule has 4 rings (SSSR count). The van der Waals surface area contributed by atoms with E-state index in [1.165, 1.54) is 23.1 Å². The molecule has 0 bridgehead atoms. The number of carbonyl (C=O) groups is 3. The lowest BCUT2D eigenvalue weighted by molar-refractivity contribution is -0.132. The molecule has 3 aromatic rings. The van der Waals surface area contributed by atoms with Gasteiger partial charge in [-0.15, -0.1) is 0 Å². The minimum atomic E-state index is -1.07. The van der Waals surface area contributed by atoms with Gasteiger partial charge < -0.3 is 19.7 Å². The van der Waals surface area contributed by atoms with Crippen LogP contribution in [0.3, 0.4) is 0 Å². The highest BCUT2D eigenvalue weighted by Gasteiger charge is 2.47. The summed E-state index contributed by atoms with van der Waals surface area (Å²) in [4.78, 5) is 40.6. The Morgan fingerprint density at radius 1 is 0.974 bits per heavy atom. The van der Waals surface area contributed by atoms with E-state index in [0.29, 0.717) is 16.9 Å². The predicted molar refractivity (Wildman–Crippen MR) is 147 cm³/mol. The molecule has 0 aliphatic carbocycles. The Hall–Kier alpha value is -4.59. The van der Waals surface area contributed by atoms with Gasteiger partial charge in [-0.1, -0.05) is 39.0 Å². The first-order valence-electron chi connectivity index (χ1n) is 12.5. The van der Waals surface area contributed by atoms with E-state index in [1.807, 2.05) is 20.8 Å². The number of phenolic OH excluding ortho intramolecular Hbond substituents is 1. The number of hydrogen-bond donors (Lipinski definition) is 2. The van der Waals surface area contributed by atoms with E-state index < -0.39 is 23.7 Å². The zero-order valence-electron chi connectivity index (χ0n) is 22.5. The lowest BCUT2D eigenvalue weighted by Gasteiger charge is -2.26. The van der Waals surface area contributed by atoms with Crippen LogP contribution in [0.4, 0.5) is 5.69 Å². The number of phenols is 1. The van der Waals surface area contributed by atoms with Gasteiger partial charge in [0.25, 0.3) is 11.7 Å². The molecule has 0 saturated carbocycles. The van der Waals surface area contributed by atoms with Crippen molar-refractivity contribution in [2.24, 2.45) is 0 Å². The van der Waals surface area contributed by atoms with Crippen LogP contribution in [0.2, 0.25) is 0 Å². The zero-order valence-corrected chi connectivity index (χ0v) is 22.5. The smallest absolute Gasteiger partial charge is 0.338 e. The molecule has 39 heavy (non-hydrogen) atoms. The van der Waals surface area contributed by atoms with Crippen molar-refractivity contribution in [2.45, 2.75) is 39.2 Å². The fraction of sp³-hybridized carbons (Fsp3) is 0.258. The molecule has 1 heterocycles. The molecular weight excluding hydrogens is 498 g/mol. The summed E-state index contributed by atoms with van der Waals surface area (Å²) < 4.78 is 10.6. The first-order chi connectivity index (χ1) is 18.5. The van der Waals surface area contributed by atoms with Gasteiger partial charge in [-0.3, -0.25) is 14.5 Å². The van der Waals surface area contributed by atoms with E-state index in [2.05, 4.69) is 0 Å². The standard InChI is InChI=1S/C31H31NO7/c1-6-39-30(37)20-10-7-11-21(15-20)32-26(18-9-8-12-22(33)16-18)25(28(35)29(32)36)27(34)19-13-14-24(38-5)23(17-19)31(2,3)4/h7-17,26,33-34H,6H2,1-5H3/b27-25-. The number of methoxy groups -OCH3 is 1. The largest absolute Gasteiger partial charge is 0.508 e. The lowest BCUT2D eigenvalue weighted by atomic mass is 9.84. The van der Waals surface area contributed by atoms with E-state index in [4.69, 9.17) is 9.47 Å². The van der Waals surface area contributed by atoms with Crippen molar-refractivity contribution in [1.29, 1.82) is 0 Å². The molecule has 0 aromatic heterocycles. The minimum absolute atomic E-state index is 0.0715. The number of Topliss-reactive ketones (excluding diaryl/α,β-unsaturated/α-hetero) is 1. The molecule has 0 radical (unpaired) electrons. The van der Waals surface area contributed by atoms with Crippen LogP contribution in [-0.4, -0.2) is 41.6 Å². The number of nitrogens with zero attached hydrogens (tertiary/aromatic N) is 1. The summed E-state index contributed by atoms with van der Waals surface area (Å²) >= 11 is 0. The maximum Gasteiger partial charge on any atom is 0.338 e. The number of rotatable bonds is 6. The maximum absolute atomic E-state index is 13.5. The molecular formula is C31H31NO7. The third-order valence-corrected chi connectivity index (χ3v) is 6.55. The number of amides is 1. The van der Waals surface area contributed by atoms with Crippen molar-refractivity contribution in [3.8, 4) is 11.5 Å². The van der Waals surface area contributed by atoms with Crippen molar-refractivity contribution < 1.29 is 34.1 Å². The van der Waals surface area contributed by atoms with Gasteiger partial charge in [0.15, 0.2) is 0 Å². The third kappa shape index (κ3) is 5.23. The minimum Gasteiger partial charge on any atom is -0.508 e. The van der Waals surface area contributed by atoms with Crippen LogP contribution in [0.5, 0.6) is 11.5 Å². The van der Waals surface area contributed by atoms with Gasteiger partial charge in [0, 0.05) is 16.8 Å². The molecule has 0 spiro atoms. The van der Waals surface area contributed by atoms with Crippen molar-refractivity contribution in [2.75, 3.05) is 18.6 Å². The number of aliphatic hydroxyl groups is 1. The van der Waals surface area contributed by atoms with E-state index in [9.17, 15) is 24.6 Å². The van der Waals surface area contributed by atoms with E-state index in [0.717, 1.165) is 5.56 Å². The van der Waals surface area contributed by atoms with E-state index in [-0.39, 0.29) is 40.4 Å². The summed E-state index contributed by atoms with van der Waals surface area (Å²) in [5.41, 5.74) is 1.53. The zero-order chi connectivity index (χ0) is 28.5. The van der Waals surface area contributed by atoms with Gasteiger partial charge >= 0.3 is 5.97 Å². The van der Waals surface area contributed by atoms with Gasteiger partial charge in [-0.05, 0) is 66.4 Å². The molecule has 1 aliphatic heterocycles. The first kappa shape index (κ1) is 27.4. The maximum atomic E-state index is 13.5. The number of aliphatic hydroxyl groups excluding tert-OH is 1. The second-order valence-electron chi connectivity index (χ2n) is 10.2. The van der Waals surface area contributed by atoms with Crippen LogP contribution in [0.15, 0.2) is 72.3 Å². The molecule has 8 nitrogen and oxygen atoms in total. The number of hydrogen-bond acceptors (Lipinski definition) is 7. The molecule has 8 heteroatoms. The average Bonchev–Trinajstić information content (AvgIpc) is 3.17. The number of carbonyl (C=O) groups excluding carboxylic acids is 3. The Kier molecular flexibility index (Phi) is 7.49. The number of ketones is 1. The van der Waals surface area contributed by atoms with Crippen LogP contribution in [0.25, 0.3) is 5.76 Å². The van der Waals surface area contributed by atoms with Crippen LogP contribution >= 0.6 is 0 Å². The summed E-state index contributed by atoms with van der Waals surface area (Å²) in [6.07, 6.45) is 0. The molecule has 202 valence electrons. The number of benzene rings is 3. The summed E-state index contributed by atoms with van der Waals surface area (Å²) in [5.74, 6) is -2.15. The monoisotopic (exact) mass is 529 g/mol. The molecule has 1 unspecified atom stereocenters. The molecule has 2 N–H and O–H groups in total. The van der Waals surface area contributed by atoms with Gasteiger partial charge in [0.2, 0.25) is 0 Å². The highest BCUT2D eigenvalue weighted by Crippen LogP contribution is 2.44. The van der Waals surface area contributed by atoms with Crippen molar-refractivity contribution >= 4 is 29.1 Å². The fourth-order valence-corrected chi connectivity index (χ4v) is 4.70. The molecule has 1 atom stereocenters. The number of anilines is 1. The van der Waals surface area contributed by atoms with Gasteiger partial charge in [0.1, 0.15) is 17.3 Å². The Morgan fingerprint density at radius 2 is 1.69 bits per heavy atom. The molecule has 1 amide bonds. The van der Waals surface area contributed by atoms with Gasteiger partial charge in [-0.25, -0.2) is 4.79 Å². The quantitative estimate of drug-likeness (QED) is 0.188. The molecule has 3 aromatic carbocycles. The van der Waals surface area contributed by atoms with Gasteiger partial charge in [-0.2, -0.15) is 0 Å². The number of esters is 1. The Labute approximate surface area is 227 Å². The average molecular weight is 530 g/mol. The summed E-state index contributed by atoms with van der Waals surface area (Å²) in [5, 5.41) is 21.8. The highest BCUT2D eigenvalue weighted by molar-refractivity contribution is 6.51. The number of aromatic hydroxyl groups is 1. The Morgan fingerprint density at radius 3 is 2.33 bits per heavy atom. The van der Waals surface area contributed by atoms with Crippen molar-refractivity contribution in [1.82, 2.24) is 0 Å². The Bertz CT molecular complexity index is 1480. The van der Waals surface area contributed by atoms with Crippen molar-refractivity contribution in [3.05, 3.63) is 94.6 Å². The van der Waals surface area contributed by atoms with Crippen LogP contribution in [0.1, 0.15) is 60.8 Å². The highest BCUT2D eigenvalue weighted by atomic mass is 16.5. The third-order valence-electron chi connectivity index (χ3n) is 6.55. The SMILES string of the molecule is CCOC(=O)c1cccc(N2C(=O)C(=O)/C(=C(\O)c3ccc(OC)c(C(C)(C)C)c3)C2c2cccc(O)c2)c1. The second-order valence-corrected chi connectivity index (χ2v) is 10.2. The van der Waals surface area contributed by atoms with E-state index >= 15 is 0 Å². The van der Waals surface area contributed by atoms with Crippen LogP contribution < -0.4 is 9.64 Å². The number of ether oxygens (including phenoxy) is 2. The summed E-state index contributed by atoms with van der Waals surface area (Å²) in [7, 11) is 1.56. The Balaban J connectivity index is 1.95. The van der Waals surface area contributed by atoms with E-state index in [1.54, 1.807) is 62.6 Å². The first-order valence-corrected chi connectivity index (χ1v) is 12.5. The van der Waals surface area contributed by atoms with Crippen molar-refractivity contribution in [3.63, 3.8) is 0 Å². The van der Waals surface area contributed by atoms with Gasteiger partial charge in [0.05, 0.1) is 30.9 Å². The topological polar surface area (TPSA) is 113 Å². The molecule has 1 fully saturated rings. The normalized spacial score (nSPS) is 16.8. The molecule has 1 saturated heterocycles. The molecule has 1 aliphatic rings.